The van der Waals surface area contributed by atoms with Crippen LogP contribution < -0.4 is 10.2 Å². The second-order valence-corrected chi connectivity index (χ2v) is 6.18. The minimum atomic E-state index is -0.484. The maximum atomic E-state index is 12.8. The van der Waals surface area contributed by atoms with Gasteiger partial charge < -0.3 is 5.32 Å². The van der Waals surface area contributed by atoms with Crippen molar-refractivity contribution in [2.75, 3.05) is 4.90 Å². The van der Waals surface area contributed by atoms with E-state index in [-0.39, 0.29) is 23.7 Å². The van der Waals surface area contributed by atoms with Crippen LogP contribution in [0, 0.1) is 11.8 Å². The number of carbonyl (C=O) groups excluding carboxylic acids is 2. The Kier molecular flexibility index (Phi) is 4.34. The Balaban J connectivity index is 2.43. The molecule has 21 heavy (non-hydrogen) atoms. The molecule has 0 bridgehead atoms. The predicted octanol–water partition coefficient (Wildman–Crippen LogP) is 1.41. The van der Waals surface area contributed by atoms with Crippen molar-refractivity contribution in [3.8, 4) is 0 Å². The number of hydrogen-bond donors (Lipinski definition) is 1. The van der Waals surface area contributed by atoms with Crippen LogP contribution in [0.15, 0.2) is 12.4 Å². The van der Waals surface area contributed by atoms with E-state index >= 15 is 0 Å². The molecular weight excluding hydrogens is 268 g/mol. The van der Waals surface area contributed by atoms with Crippen molar-refractivity contribution in [3.05, 3.63) is 12.4 Å². The molecule has 116 valence electrons. The summed E-state index contributed by atoms with van der Waals surface area (Å²) in [6.07, 6.45) is 3.48. The SMILES string of the molecule is CCn1cc(N2C(=O)C(C(C)C)NC(=O)C2C(C)C)cn1. The molecule has 2 heterocycles. The molecule has 0 aliphatic carbocycles. The first-order valence-corrected chi connectivity index (χ1v) is 7.52. The minimum absolute atomic E-state index is 0.0343. The fourth-order valence-corrected chi connectivity index (χ4v) is 2.70. The number of rotatable bonds is 4. The van der Waals surface area contributed by atoms with Gasteiger partial charge in [0.15, 0.2) is 0 Å². The van der Waals surface area contributed by atoms with Crippen LogP contribution in [-0.4, -0.2) is 33.7 Å². The van der Waals surface area contributed by atoms with E-state index in [2.05, 4.69) is 10.4 Å². The van der Waals surface area contributed by atoms with Crippen molar-refractivity contribution in [3.63, 3.8) is 0 Å². The summed E-state index contributed by atoms with van der Waals surface area (Å²) in [5.41, 5.74) is 0.695. The molecule has 1 saturated heterocycles. The molecule has 0 radical (unpaired) electrons. The summed E-state index contributed by atoms with van der Waals surface area (Å²) < 4.78 is 1.76. The van der Waals surface area contributed by atoms with Crippen LogP contribution in [0.3, 0.4) is 0 Å². The predicted molar refractivity (Wildman–Crippen MR) is 80.8 cm³/mol. The van der Waals surface area contributed by atoms with E-state index < -0.39 is 12.1 Å². The summed E-state index contributed by atoms with van der Waals surface area (Å²) in [7, 11) is 0. The van der Waals surface area contributed by atoms with Gasteiger partial charge in [-0.15, -0.1) is 0 Å². The summed E-state index contributed by atoms with van der Waals surface area (Å²) in [6.45, 7) is 10.5. The van der Waals surface area contributed by atoms with Crippen molar-refractivity contribution in [2.45, 2.75) is 53.2 Å². The van der Waals surface area contributed by atoms with Gasteiger partial charge in [-0.3, -0.25) is 19.2 Å². The van der Waals surface area contributed by atoms with E-state index in [1.807, 2.05) is 40.8 Å². The van der Waals surface area contributed by atoms with Gasteiger partial charge in [-0.2, -0.15) is 5.10 Å². The van der Waals surface area contributed by atoms with Crippen LogP contribution in [0.2, 0.25) is 0 Å². The van der Waals surface area contributed by atoms with Gasteiger partial charge in [0.1, 0.15) is 12.1 Å². The highest BCUT2D eigenvalue weighted by atomic mass is 16.2. The van der Waals surface area contributed by atoms with E-state index in [0.29, 0.717) is 5.69 Å². The van der Waals surface area contributed by atoms with Gasteiger partial charge in [0.25, 0.3) is 5.91 Å². The van der Waals surface area contributed by atoms with E-state index in [1.165, 1.54) is 0 Å². The minimum Gasteiger partial charge on any atom is -0.342 e. The highest BCUT2D eigenvalue weighted by Gasteiger charge is 2.44. The molecule has 2 amide bonds. The van der Waals surface area contributed by atoms with Crippen molar-refractivity contribution in [2.24, 2.45) is 11.8 Å². The Labute approximate surface area is 125 Å². The van der Waals surface area contributed by atoms with E-state index in [0.717, 1.165) is 6.54 Å². The average molecular weight is 292 g/mol. The highest BCUT2D eigenvalue weighted by molar-refractivity contribution is 6.08. The number of carbonyl (C=O) groups is 2. The van der Waals surface area contributed by atoms with Crippen LogP contribution in [0.1, 0.15) is 34.6 Å². The third-order valence-corrected chi connectivity index (χ3v) is 3.87. The quantitative estimate of drug-likeness (QED) is 0.912. The average Bonchev–Trinajstić information content (AvgIpc) is 2.88. The zero-order chi connectivity index (χ0) is 15.7. The molecule has 1 aliphatic heterocycles. The molecule has 1 aromatic rings. The van der Waals surface area contributed by atoms with Crippen LogP contribution >= 0.6 is 0 Å². The maximum absolute atomic E-state index is 12.8. The smallest absolute Gasteiger partial charge is 0.250 e. The number of aryl methyl sites for hydroxylation is 1. The van der Waals surface area contributed by atoms with Crippen molar-refractivity contribution in [1.82, 2.24) is 15.1 Å². The number of anilines is 1. The van der Waals surface area contributed by atoms with Crippen LogP contribution in [-0.2, 0) is 16.1 Å². The lowest BCUT2D eigenvalue weighted by Gasteiger charge is -2.41. The second kappa shape index (κ2) is 5.87. The zero-order valence-electron chi connectivity index (χ0n) is 13.3. The first-order chi connectivity index (χ1) is 9.86. The molecular formula is C15H24N4O2. The second-order valence-electron chi connectivity index (χ2n) is 6.18. The Bertz CT molecular complexity index is 536. The van der Waals surface area contributed by atoms with Crippen molar-refractivity contribution in [1.29, 1.82) is 0 Å². The molecule has 2 atom stereocenters. The zero-order valence-corrected chi connectivity index (χ0v) is 13.3. The summed E-state index contributed by atoms with van der Waals surface area (Å²) in [5, 5.41) is 7.08. The Hall–Kier alpha value is -1.85. The van der Waals surface area contributed by atoms with Gasteiger partial charge in [-0.25, -0.2) is 0 Å². The first-order valence-electron chi connectivity index (χ1n) is 7.52. The number of amides is 2. The summed E-state index contributed by atoms with van der Waals surface area (Å²) >= 11 is 0. The summed E-state index contributed by atoms with van der Waals surface area (Å²) in [6, 6.07) is -0.959. The molecule has 0 spiro atoms. The lowest BCUT2D eigenvalue weighted by molar-refractivity contribution is -0.135. The fourth-order valence-electron chi connectivity index (χ4n) is 2.70. The normalized spacial score (nSPS) is 23.1. The first kappa shape index (κ1) is 15.5. The number of aromatic nitrogens is 2. The van der Waals surface area contributed by atoms with Gasteiger partial charge in [0.05, 0.1) is 11.9 Å². The standard InChI is InChI=1S/C15H24N4O2/c1-6-18-8-11(7-16-18)19-13(10(4)5)14(20)17-12(9(2)3)15(19)21/h7-10,12-13H,6H2,1-5H3,(H,17,20). The van der Waals surface area contributed by atoms with E-state index in [9.17, 15) is 9.59 Å². The molecule has 2 rings (SSSR count). The summed E-state index contributed by atoms with van der Waals surface area (Å²) in [5.74, 6) is -0.0585. The molecule has 1 aliphatic rings. The van der Waals surface area contributed by atoms with Crippen molar-refractivity contribution < 1.29 is 9.59 Å². The van der Waals surface area contributed by atoms with Gasteiger partial charge in [0.2, 0.25) is 5.91 Å². The molecule has 6 nitrogen and oxygen atoms in total. The van der Waals surface area contributed by atoms with Gasteiger partial charge in [-0.05, 0) is 18.8 Å². The fraction of sp³-hybridized carbons (Fsp3) is 0.667. The topological polar surface area (TPSA) is 67.2 Å². The molecule has 0 saturated carbocycles. The molecule has 6 heteroatoms. The number of nitrogens with one attached hydrogen (secondary N) is 1. The van der Waals surface area contributed by atoms with E-state index in [1.54, 1.807) is 15.8 Å². The Morgan fingerprint density at radius 1 is 1.24 bits per heavy atom. The highest BCUT2D eigenvalue weighted by Crippen LogP contribution is 2.26. The van der Waals surface area contributed by atoms with Gasteiger partial charge in [0, 0.05) is 12.7 Å². The number of hydrogen-bond acceptors (Lipinski definition) is 3. The third-order valence-electron chi connectivity index (χ3n) is 3.87. The van der Waals surface area contributed by atoms with Crippen LogP contribution in [0.5, 0.6) is 0 Å². The molecule has 1 aromatic heterocycles. The summed E-state index contributed by atoms with van der Waals surface area (Å²) in [4.78, 5) is 26.8. The Morgan fingerprint density at radius 2 is 1.90 bits per heavy atom. The lowest BCUT2D eigenvalue weighted by atomic mass is 9.92. The monoisotopic (exact) mass is 292 g/mol. The lowest BCUT2D eigenvalue weighted by Crippen LogP contribution is -2.66. The third kappa shape index (κ3) is 2.80. The number of piperazine rings is 1. The largest absolute Gasteiger partial charge is 0.342 e. The van der Waals surface area contributed by atoms with Crippen LogP contribution in [0.4, 0.5) is 5.69 Å². The molecule has 1 N–H and O–H groups in total. The van der Waals surface area contributed by atoms with Gasteiger partial charge >= 0.3 is 0 Å². The van der Waals surface area contributed by atoms with E-state index in [4.69, 9.17) is 0 Å². The molecule has 2 unspecified atom stereocenters. The molecule has 0 aromatic carbocycles. The maximum Gasteiger partial charge on any atom is 0.250 e. The van der Waals surface area contributed by atoms with Crippen LogP contribution in [0.25, 0.3) is 0 Å². The molecule has 1 fully saturated rings. The number of nitrogens with zero attached hydrogens (tertiary/aromatic N) is 3. The Morgan fingerprint density at radius 3 is 2.38 bits per heavy atom. The van der Waals surface area contributed by atoms with Gasteiger partial charge in [-0.1, -0.05) is 27.7 Å². The van der Waals surface area contributed by atoms with Crippen molar-refractivity contribution >= 4 is 17.5 Å².